The fourth-order valence-electron chi connectivity index (χ4n) is 0.880. The first-order valence-corrected chi connectivity index (χ1v) is 2.97. The van der Waals surface area contributed by atoms with Crippen molar-refractivity contribution in [1.82, 2.24) is 0 Å². The first-order chi connectivity index (χ1) is 4.66. The summed E-state index contributed by atoms with van der Waals surface area (Å²) in [5, 5.41) is 35.0. The second kappa shape index (κ2) is 2.81. The number of hydrogen-bond acceptors (Lipinski definition) is 5. The summed E-state index contributed by atoms with van der Waals surface area (Å²) in [6.45, 7) is -0.407. The Kier molecular flexibility index (Phi) is 2.22. The van der Waals surface area contributed by atoms with Crippen LogP contribution in [0.25, 0.3) is 0 Å². The number of hydrogen-bond donors (Lipinski definition) is 4. The van der Waals surface area contributed by atoms with Crippen molar-refractivity contribution in [2.24, 2.45) is 0 Å². The van der Waals surface area contributed by atoms with E-state index < -0.39 is 31.2 Å². The molecule has 1 aliphatic heterocycles. The van der Waals surface area contributed by atoms with E-state index in [0.717, 1.165) is 0 Å². The Bertz CT molecular complexity index is 117. The summed E-state index contributed by atoms with van der Waals surface area (Å²) in [6, 6.07) is 0. The summed E-state index contributed by atoms with van der Waals surface area (Å²) >= 11 is 0. The van der Waals surface area contributed by atoms with Gasteiger partial charge in [-0.25, -0.2) is 0 Å². The van der Waals surface area contributed by atoms with Gasteiger partial charge in [-0.15, -0.1) is 0 Å². The van der Waals surface area contributed by atoms with E-state index in [1.165, 1.54) is 0 Å². The molecule has 0 amide bonds. The van der Waals surface area contributed by atoms with Gasteiger partial charge in [0.25, 0.3) is 0 Å². The van der Waals surface area contributed by atoms with Crippen molar-refractivity contribution in [3.63, 3.8) is 0 Å². The lowest BCUT2D eigenvalue weighted by Gasteiger charge is -2.09. The molecule has 5 heteroatoms. The number of aliphatic hydroxyl groups excluding tert-OH is 4. The fourth-order valence-corrected chi connectivity index (χ4v) is 0.880. The van der Waals surface area contributed by atoms with Gasteiger partial charge in [0.05, 0.1) is 6.61 Å². The molecule has 0 bridgehead atoms. The molecule has 60 valence electrons. The van der Waals surface area contributed by atoms with Crippen molar-refractivity contribution in [2.45, 2.75) is 24.6 Å². The molecule has 5 nitrogen and oxygen atoms in total. The number of rotatable bonds is 1. The van der Waals surface area contributed by atoms with Gasteiger partial charge in [0.15, 0.2) is 6.29 Å². The Morgan fingerprint density at radius 3 is 1.90 bits per heavy atom. The third-order valence-corrected chi connectivity index (χ3v) is 1.52. The molecule has 1 aliphatic rings. The van der Waals surface area contributed by atoms with Crippen molar-refractivity contribution in [2.75, 3.05) is 6.61 Å². The van der Waals surface area contributed by atoms with E-state index in [-0.39, 0.29) is 0 Å². The van der Waals surface area contributed by atoms with Crippen LogP contribution in [0.3, 0.4) is 0 Å². The van der Waals surface area contributed by atoms with E-state index in [2.05, 4.69) is 4.74 Å². The van der Waals surface area contributed by atoms with Crippen LogP contribution >= 0.6 is 0 Å². The summed E-state index contributed by atoms with van der Waals surface area (Å²) in [5.74, 6) is 0. The molecule has 1 saturated heterocycles. The zero-order valence-corrected chi connectivity index (χ0v) is 5.21. The van der Waals surface area contributed by atoms with Gasteiger partial charge in [0.2, 0.25) is 0 Å². The van der Waals surface area contributed by atoms with E-state index in [0.29, 0.717) is 0 Å². The highest BCUT2D eigenvalue weighted by atomic mass is 16.6. The summed E-state index contributed by atoms with van der Waals surface area (Å²) < 4.78 is 4.54. The molecule has 0 aliphatic carbocycles. The molecule has 1 rings (SSSR count). The van der Waals surface area contributed by atoms with E-state index in [4.69, 9.17) is 20.4 Å². The van der Waals surface area contributed by atoms with Crippen LogP contribution < -0.4 is 0 Å². The Hall–Kier alpha value is -0.200. The third kappa shape index (κ3) is 1.14. The minimum atomic E-state index is -1.38. The van der Waals surface area contributed by atoms with E-state index in [1.54, 1.807) is 0 Å². The van der Waals surface area contributed by atoms with Crippen LogP contribution in [-0.4, -0.2) is 51.6 Å². The molecule has 0 spiro atoms. The smallest absolute Gasteiger partial charge is 0.184 e. The lowest BCUT2D eigenvalue weighted by atomic mass is 10.1. The Balaban J connectivity index is 2.53. The molecular formula is C5H10O5. The van der Waals surface area contributed by atoms with Crippen LogP contribution in [-0.2, 0) is 4.74 Å². The van der Waals surface area contributed by atoms with Gasteiger partial charge in [0.1, 0.15) is 18.3 Å². The van der Waals surface area contributed by atoms with Crippen molar-refractivity contribution in [3.8, 4) is 0 Å². The molecule has 0 radical (unpaired) electrons. The monoisotopic (exact) mass is 150 g/mol. The lowest BCUT2D eigenvalue weighted by Crippen LogP contribution is -2.33. The Morgan fingerprint density at radius 2 is 1.70 bits per heavy atom. The second-order valence-electron chi connectivity index (χ2n) is 2.23. The van der Waals surface area contributed by atoms with Crippen molar-refractivity contribution < 1.29 is 25.2 Å². The van der Waals surface area contributed by atoms with Crippen LogP contribution in [0.5, 0.6) is 0 Å². The molecule has 4 atom stereocenters. The maximum atomic E-state index is 8.93. The van der Waals surface area contributed by atoms with Gasteiger partial charge in [-0.3, -0.25) is 0 Å². The minimum Gasteiger partial charge on any atom is -0.394 e. The Labute approximate surface area is 57.5 Å². The van der Waals surface area contributed by atoms with Crippen LogP contribution in [0, 0.1) is 0 Å². The molecule has 10 heavy (non-hydrogen) atoms. The molecule has 0 aromatic rings. The zero-order chi connectivity index (χ0) is 7.72. The van der Waals surface area contributed by atoms with Gasteiger partial charge in [0, 0.05) is 0 Å². The minimum absolute atomic E-state index is 0.407. The van der Waals surface area contributed by atoms with E-state index in [1.807, 2.05) is 0 Å². The van der Waals surface area contributed by atoms with Crippen LogP contribution in [0.15, 0.2) is 0 Å². The quantitative estimate of drug-likeness (QED) is 0.329. The van der Waals surface area contributed by atoms with Crippen molar-refractivity contribution in [1.29, 1.82) is 0 Å². The molecule has 4 N–H and O–H groups in total. The molecule has 1 fully saturated rings. The van der Waals surface area contributed by atoms with Gasteiger partial charge < -0.3 is 25.2 Å². The van der Waals surface area contributed by atoms with Gasteiger partial charge >= 0.3 is 0 Å². The topological polar surface area (TPSA) is 90.2 Å². The maximum absolute atomic E-state index is 8.93. The maximum Gasteiger partial charge on any atom is 0.184 e. The summed E-state index contributed by atoms with van der Waals surface area (Å²) in [6.07, 6.45) is -4.76. The van der Waals surface area contributed by atoms with Crippen LogP contribution in [0.2, 0.25) is 0 Å². The first-order valence-electron chi connectivity index (χ1n) is 2.97. The van der Waals surface area contributed by atoms with E-state index >= 15 is 0 Å². The first kappa shape index (κ1) is 7.90. The predicted octanol–water partition coefficient (Wildman–Crippen LogP) is -2.58. The SMILES string of the molecule is OC[C@H]1O[C@H](O)[C@@H](O)C1O. The average Bonchev–Trinajstić information content (AvgIpc) is 2.17. The average molecular weight is 150 g/mol. The largest absolute Gasteiger partial charge is 0.394 e. The molecule has 0 aromatic heterocycles. The number of aliphatic hydroxyl groups is 4. The molecule has 0 aromatic carbocycles. The van der Waals surface area contributed by atoms with Gasteiger partial charge in [-0.1, -0.05) is 0 Å². The van der Waals surface area contributed by atoms with Crippen molar-refractivity contribution >= 4 is 0 Å². The molecule has 1 heterocycles. The summed E-state index contributed by atoms with van der Waals surface area (Å²) in [5.41, 5.74) is 0. The standard InChI is InChI=1S/C5H10O5/c6-1-2-3(7)4(8)5(9)10-2/h2-9H,1H2/t2-,3?,4+,5+/m1/s1. The van der Waals surface area contributed by atoms with Crippen LogP contribution in [0.1, 0.15) is 0 Å². The highest BCUT2D eigenvalue weighted by Crippen LogP contribution is 2.18. The summed E-state index contributed by atoms with van der Waals surface area (Å²) in [7, 11) is 0. The highest BCUT2D eigenvalue weighted by molar-refractivity contribution is 4.84. The van der Waals surface area contributed by atoms with Gasteiger partial charge in [-0.2, -0.15) is 0 Å². The molecular weight excluding hydrogens is 140 g/mol. The normalized spacial score (nSPS) is 48.0. The molecule has 1 unspecified atom stereocenters. The lowest BCUT2D eigenvalue weighted by molar-refractivity contribution is -0.132. The summed E-state index contributed by atoms with van der Waals surface area (Å²) in [4.78, 5) is 0. The van der Waals surface area contributed by atoms with Crippen LogP contribution in [0.4, 0.5) is 0 Å². The number of ether oxygens (including phenoxy) is 1. The zero-order valence-electron chi connectivity index (χ0n) is 5.21. The predicted molar refractivity (Wildman–Crippen MR) is 30.0 cm³/mol. The van der Waals surface area contributed by atoms with E-state index in [9.17, 15) is 0 Å². The highest BCUT2D eigenvalue weighted by Gasteiger charge is 2.41. The second-order valence-corrected chi connectivity index (χ2v) is 2.23. The Morgan fingerprint density at radius 1 is 1.10 bits per heavy atom. The molecule has 0 saturated carbocycles. The third-order valence-electron chi connectivity index (χ3n) is 1.52. The van der Waals surface area contributed by atoms with Gasteiger partial charge in [-0.05, 0) is 0 Å². The van der Waals surface area contributed by atoms with Crippen molar-refractivity contribution in [3.05, 3.63) is 0 Å². The fraction of sp³-hybridized carbons (Fsp3) is 1.00.